The molecule has 0 saturated heterocycles. The molecule has 1 aromatic rings. The van der Waals surface area contributed by atoms with E-state index in [4.69, 9.17) is 16.9 Å². The molecule has 0 unspecified atom stereocenters. The van der Waals surface area contributed by atoms with Crippen molar-refractivity contribution >= 4 is 29.3 Å². The summed E-state index contributed by atoms with van der Waals surface area (Å²) in [5.74, 6) is -0.551. The molecule has 6 nitrogen and oxygen atoms in total. The first kappa shape index (κ1) is 15.7. The van der Waals surface area contributed by atoms with Gasteiger partial charge in [-0.25, -0.2) is 0 Å². The molecule has 0 radical (unpaired) electrons. The minimum Gasteiger partial charge on any atom is -0.349 e. The third-order valence-electron chi connectivity index (χ3n) is 2.28. The molecule has 1 rings (SSSR count). The number of non-ortho nitro benzene ring substituents is 1. The average molecular weight is 294 g/mol. The SMILES string of the molecule is CC(C)NC(=O)/C(C#N)=C/c1cc([N+](=O)[O-])ccc1Cl. The van der Waals surface area contributed by atoms with Gasteiger partial charge in [-0.05, 0) is 26.0 Å². The monoisotopic (exact) mass is 293 g/mol. The molecule has 0 aliphatic carbocycles. The van der Waals surface area contributed by atoms with Gasteiger partial charge in [0.05, 0.1) is 4.92 Å². The predicted octanol–water partition coefficient (Wildman–Crippen LogP) is 2.68. The standard InChI is InChI=1S/C13H12ClN3O3/c1-8(2)16-13(18)10(7-15)5-9-6-11(17(19)20)3-4-12(9)14/h3-6,8H,1-2H3,(H,16,18)/b10-5+. The smallest absolute Gasteiger partial charge is 0.270 e. The number of amides is 1. The average Bonchev–Trinajstić information content (AvgIpc) is 2.36. The molecular weight excluding hydrogens is 282 g/mol. The number of rotatable bonds is 4. The van der Waals surface area contributed by atoms with Gasteiger partial charge in [0.25, 0.3) is 11.6 Å². The van der Waals surface area contributed by atoms with Crippen LogP contribution in [0.25, 0.3) is 6.08 Å². The van der Waals surface area contributed by atoms with Gasteiger partial charge >= 0.3 is 0 Å². The van der Waals surface area contributed by atoms with Crippen molar-refractivity contribution in [3.63, 3.8) is 0 Å². The van der Waals surface area contributed by atoms with Gasteiger partial charge < -0.3 is 5.32 Å². The van der Waals surface area contributed by atoms with E-state index < -0.39 is 10.8 Å². The van der Waals surface area contributed by atoms with E-state index in [9.17, 15) is 14.9 Å². The summed E-state index contributed by atoms with van der Waals surface area (Å²) in [6.45, 7) is 3.51. The molecule has 0 aliphatic heterocycles. The van der Waals surface area contributed by atoms with Crippen molar-refractivity contribution in [2.75, 3.05) is 0 Å². The zero-order chi connectivity index (χ0) is 15.3. The summed E-state index contributed by atoms with van der Waals surface area (Å²) in [7, 11) is 0. The molecule has 0 spiro atoms. The Bertz CT molecular complexity index is 618. The van der Waals surface area contributed by atoms with E-state index in [-0.39, 0.29) is 27.9 Å². The van der Waals surface area contributed by atoms with E-state index in [1.54, 1.807) is 19.9 Å². The third-order valence-corrected chi connectivity index (χ3v) is 2.62. The van der Waals surface area contributed by atoms with Crippen molar-refractivity contribution in [1.29, 1.82) is 5.26 Å². The molecule has 104 valence electrons. The Morgan fingerprint density at radius 1 is 1.55 bits per heavy atom. The molecule has 0 heterocycles. The van der Waals surface area contributed by atoms with Crippen molar-refractivity contribution in [3.8, 4) is 6.07 Å². The maximum atomic E-state index is 11.7. The number of nitrogens with zero attached hydrogens (tertiary/aromatic N) is 2. The lowest BCUT2D eigenvalue weighted by Crippen LogP contribution is -2.30. The number of carbonyl (C=O) groups excluding carboxylic acids is 1. The van der Waals surface area contributed by atoms with Gasteiger partial charge in [0.15, 0.2) is 0 Å². The van der Waals surface area contributed by atoms with Crippen LogP contribution in [0.3, 0.4) is 0 Å². The van der Waals surface area contributed by atoms with Crippen molar-refractivity contribution < 1.29 is 9.72 Å². The van der Waals surface area contributed by atoms with E-state index in [1.807, 2.05) is 0 Å². The zero-order valence-electron chi connectivity index (χ0n) is 10.9. The summed E-state index contributed by atoms with van der Waals surface area (Å²) in [4.78, 5) is 21.9. The second kappa shape index (κ2) is 6.68. The van der Waals surface area contributed by atoms with Gasteiger partial charge in [0.1, 0.15) is 11.6 Å². The lowest BCUT2D eigenvalue weighted by Gasteiger charge is -2.07. The number of hydrogen-bond acceptors (Lipinski definition) is 4. The number of nitro groups is 1. The van der Waals surface area contributed by atoms with E-state index >= 15 is 0 Å². The van der Waals surface area contributed by atoms with Crippen LogP contribution in [0.4, 0.5) is 5.69 Å². The van der Waals surface area contributed by atoms with Gasteiger partial charge in [-0.1, -0.05) is 11.6 Å². The number of nitriles is 1. The van der Waals surface area contributed by atoms with E-state index in [2.05, 4.69) is 5.32 Å². The van der Waals surface area contributed by atoms with Gasteiger partial charge in [0.2, 0.25) is 0 Å². The molecule has 1 amide bonds. The Kier molecular flexibility index (Phi) is 5.23. The minimum absolute atomic E-state index is 0.125. The second-order valence-corrected chi connectivity index (χ2v) is 4.67. The van der Waals surface area contributed by atoms with E-state index in [0.717, 1.165) is 0 Å². The molecule has 20 heavy (non-hydrogen) atoms. The summed E-state index contributed by atoms with van der Waals surface area (Å²) in [6.07, 6.45) is 1.23. The first-order valence-corrected chi connectivity index (χ1v) is 6.09. The Morgan fingerprint density at radius 3 is 2.70 bits per heavy atom. The van der Waals surface area contributed by atoms with Crippen molar-refractivity contribution in [1.82, 2.24) is 5.32 Å². The molecule has 0 atom stereocenters. The summed E-state index contributed by atoms with van der Waals surface area (Å²) in [6, 6.07) is 5.44. The maximum absolute atomic E-state index is 11.7. The third kappa shape index (κ3) is 4.07. The van der Waals surface area contributed by atoms with Crippen LogP contribution in [0.5, 0.6) is 0 Å². The Hall–Kier alpha value is -2.39. The molecule has 0 aliphatic rings. The number of carbonyl (C=O) groups is 1. The van der Waals surface area contributed by atoms with Crippen LogP contribution in [0.1, 0.15) is 19.4 Å². The van der Waals surface area contributed by atoms with Crippen molar-refractivity contribution in [2.24, 2.45) is 0 Å². The fourth-order valence-electron chi connectivity index (χ4n) is 1.40. The van der Waals surface area contributed by atoms with Gasteiger partial charge in [-0.3, -0.25) is 14.9 Å². The highest BCUT2D eigenvalue weighted by Crippen LogP contribution is 2.24. The summed E-state index contributed by atoms with van der Waals surface area (Å²) in [5.41, 5.74) is -0.0837. The molecular formula is C13H12ClN3O3. The van der Waals surface area contributed by atoms with Crippen LogP contribution in [0, 0.1) is 21.4 Å². The lowest BCUT2D eigenvalue weighted by atomic mass is 10.1. The molecule has 7 heteroatoms. The van der Waals surface area contributed by atoms with Crippen LogP contribution >= 0.6 is 11.6 Å². The number of halogens is 1. The number of nitrogens with one attached hydrogen (secondary N) is 1. The predicted molar refractivity (Wildman–Crippen MR) is 75.0 cm³/mol. The fraction of sp³-hybridized carbons (Fsp3) is 0.231. The number of hydrogen-bond donors (Lipinski definition) is 1. The highest BCUT2D eigenvalue weighted by molar-refractivity contribution is 6.32. The zero-order valence-corrected chi connectivity index (χ0v) is 11.6. The van der Waals surface area contributed by atoms with Crippen LogP contribution in [0.2, 0.25) is 5.02 Å². The molecule has 1 N–H and O–H groups in total. The number of nitro benzene ring substituents is 1. The first-order chi connectivity index (χ1) is 9.35. The highest BCUT2D eigenvalue weighted by Gasteiger charge is 2.13. The quantitative estimate of drug-likeness (QED) is 0.399. The molecule has 0 saturated carbocycles. The highest BCUT2D eigenvalue weighted by atomic mass is 35.5. The first-order valence-electron chi connectivity index (χ1n) is 5.71. The molecule has 0 aromatic heterocycles. The second-order valence-electron chi connectivity index (χ2n) is 4.26. The molecule has 0 bridgehead atoms. The topological polar surface area (TPSA) is 96.0 Å². The Morgan fingerprint density at radius 2 is 2.20 bits per heavy atom. The summed E-state index contributed by atoms with van der Waals surface area (Å²) in [5, 5.41) is 22.5. The molecule has 1 aromatic carbocycles. The number of benzene rings is 1. The summed E-state index contributed by atoms with van der Waals surface area (Å²) < 4.78 is 0. The largest absolute Gasteiger partial charge is 0.349 e. The maximum Gasteiger partial charge on any atom is 0.270 e. The van der Waals surface area contributed by atoms with E-state index in [1.165, 1.54) is 24.3 Å². The minimum atomic E-state index is -0.575. The van der Waals surface area contributed by atoms with Crippen LogP contribution in [-0.4, -0.2) is 16.9 Å². The van der Waals surface area contributed by atoms with Crippen LogP contribution in [0.15, 0.2) is 23.8 Å². The van der Waals surface area contributed by atoms with Crippen molar-refractivity contribution in [3.05, 3.63) is 44.5 Å². The molecule has 0 fully saturated rings. The van der Waals surface area contributed by atoms with Crippen LogP contribution in [-0.2, 0) is 4.79 Å². The van der Waals surface area contributed by atoms with Gasteiger partial charge in [-0.2, -0.15) is 5.26 Å². The van der Waals surface area contributed by atoms with Crippen molar-refractivity contribution in [2.45, 2.75) is 19.9 Å². The van der Waals surface area contributed by atoms with Gasteiger partial charge in [0, 0.05) is 28.8 Å². The van der Waals surface area contributed by atoms with Crippen LogP contribution < -0.4 is 5.32 Å². The summed E-state index contributed by atoms with van der Waals surface area (Å²) >= 11 is 5.90. The van der Waals surface area contributed by atoms with Gasteiger partial charge in [-0.15, -0.1) is 0 Å². The lowest BCUT2D eigenvalue weighted by molar-refractivity contribution is -0.384. The normalized spacial score (nSPS) is 11.1. The Labute approximate surface area is 120 Å². The Balaban J connectivity index is 3.19. The fourth-order valence-corrected chi connectivity index (χ4v) is 1.57. The van der Waals surface area contributed by atoms with E-state index in [0.29, 0.717) is 0 Å².